The summed E-state index contributed by atoms with van der Waals surface area (Å²) >= 11 is 0. The van der Waals surface area contributed by atoms with Gasteiger partial charge in [-0.05, 0) is 43.0 Å². The van der Waals surface area contributed by atoms with E-state index in [1.54, 1.807) is 18.5 Å². The minimum Gasteiger partial charge on any atom is -0.491 e. The Balaban J connectivity index is 1.43. The van der Waals surface area contributed by atoms with Gasteiger partial charge in [-0.1, -0.05) is 6.07 Å². The number of anilines is 1. The van der Waals surface area contributed by atoms with Crippen molar-refractivity contribution < 1.29 is 27.1 Å². The topological polar surface area (TPSA) is 81.3 Å². The lowest BCUT2D eigenvalue weighted by Crippen LogP contribution is -2.37. The third-order valence-corrected chi connectivity index (χ3v) is 6.83. The van der Waals surface area contributed by atoms with Crippen LogP contribution < -0.4 is 10.5 Å². The molecule has 0 saturated heterocycles. The average Bonchev–Trinajstić information content (AvgIpc) is 3.58. The number of alkyl halides is 3. The molecule has 2 aliphatic rings. The third-order valence-electron chi connectivity index (χ3n) is 6.83. The van der Waals surface area contributed by atoms with E-state index in [1.807, 2.05) is 0 Å². The molecule has 0 bridgehead atoms. The van der Waals surface area contributed by atoms with E-state index in [1.165, 1.54) is 23.1 Å². The summed E-state index contributed by atoms with van der Waals surface area (Å²) in [7, 11) is 0. The molecule has 1 aliphatic carbocycles. The van der Waals surface area contributed by atoms with Gasteiger partial charge in [-0.15, -0.1) is 0 Å². The summed E-state index contributed by atoms with van der Waals surface area (Å²) in [5, 5.41) is 1.80. The second kappa shape index (κ2) is 8.04. The number of carbonyl (C=O) groups is 1. The molecular weight excluding hydrogens is 476 g/mol. The number of ether oxygens (including phenoxy) is 1. The number of benzene rings is 2. The molecule has 36 heavy (non-hydrogen) atoms. The first-order chi connectivity index (χ1) is 17.2. The lowest BCUT2D eigenvalue weighted by atomic mass is 10.0. The van der Waals surface area contributed by atoms with Crippen molar-refractivity contribution in [2.75, 3.05) is 18.9 Å². The van der Waals surface area contributed by atoms with Gasteiger partial charge in [-0.2, -0.15) is 13.2 Å². The third kappa shape index (κ3) is 3.77. The summed E-state index contributed by atoms with van der Waals surface area (Å²) in [6.45, 7) is 0.350. The zero-order chi connectivity index (χ0) is 25.2. The molecule has 1 atom stereocenters. The Hall–Kier alpha value is -3.95. The van der Waals surface area contributed by atoms with Crippen molar-refractivity contribution in [1.29, 1.82) is 0 Å². The van der Waals surface area contributed by atoms with Crippen molar-refractivity contribution in [1.82, 2.24) is 14.9 Å². The number of amides is 1. The minimum absolute atomic E-state index is 0.00472. The van der Waals surface area contributed by atoms with Gasteiger partial charge >= 0.3 is 6.18 Å². The molecule has 6 nitrogen and oxygen atoms in total. The second-order valence-electron chi connectivity index (χ2n) is 9.25. The fraction of sp³-hybridized carbons (Fsp3) is 0.269. The molecule has 0 radical (unpaired) electrons. The van der Waals surface area contributed by atoms with Crippen LogP contribution in [-0.2, 0) is 6.18 Å². The molecule has 6 rings (SSSR count). The van der Waals surface area contributed by atoms with Crippen LogP contribution in [0.25, 0.3) is 21.7 Å². The van der Waals surface area contributed by atoms with Crippen LogP contribution in [0.1, 0.15) is 40.4 Å². The summed E-state index contributed by atoms with van der Waals surface area (Å²) in [5.74, 6) is -0.750. The molecule has 1 saturated carbocycles. The quantitative estimate of drug-likeness (QED) is 0.298. The molecule has 1 aliphatic heterocycles. The molecule has 10 heteroatoms. The largest absolute Gasteiger partial charge is 0.491 e. The van der Waals surface area contributed by atoms with Crippen LogP contribution in [0.5, 0.6) is 5.75 Å². The molecule has 3 heterocycles. The van der Waals surface area contributed by atoms with Crippen LogP contribution >= 0.6 is 0 Å². The van der Waals surface area contributed by atoms with Crippen LogP contribution in [0.2, 0.25) is 0 Å². The van der Waals surface area contributed by atoms with Crippen LogP contribution in [0.3, 0.4) is 0 Å². The Bertz CT molecular complexity index is 1530. The first kappa shape index (κ1) is 22.5. The number of carbonyl (C=O) groups excluding carboxylic acids is 1. The van der Waals surface area contributed by atoms with E-state index in [0.29, 0.717) is 33.8 Å². The molecule has 0 unspecified atom stereocenters. The minimum atomic E-state index is -4.51. The fourth-order valence-corrected chi connectivity index (χ4v) is 4.77. The Morgan fingerprint density at radius 1 is 1.11 bits per heavy atom. The summed E-state index contributed by atoms with van der Waals surface area (Å²) in [5.41, 5.74) is 5.82. The highest BCUT2D eigenvalue weighted by Crippen LogP contribution is 2.43. The number of pyridine rings is 2. The van der Waals surface area contributed by atoms with Crippen molar-refractivity contribution in [3.63, 3.8) is 0 Å². The van der Waals surface area contributed by atoms with Gasteiger partial charge in [0.25, 0.3) is 5.91 Å². The monoisotopic (exact) mass is 496 g/mol. The van der Waals surface area contributed by atoms with Crippen LogP contribution in [0, 0.1) is 11.7 Å². The van der Waals surface area contributed by atoms with Gasteiger partial charge in [0, 0.05) is 46.7 Å². The molecule has 4 aromatic rings. The number of nitrogens with zero attached hydrogens (tertiary/aromatic N) is 3. The SMILES string of the molecule is Nc1nc2cc(F)c(C(=O)N(CC3CC3)[C@@H]3COc4cc(C(F)(F)F)ccc43)cc2c2cnccc12. The maximum absolute atomic E-state index is 15.3. The van der Waals surface area contributed by atoms with E-state index in [-0.39, 0.29) is 29.7 Å². The number of rotatable bonds is 4. The number of halogens is 4. The summed E-state index contributed by atoms with van der Waals surface area (Å²) in [6, 6.07) is 6.96. The molecule has 2 aromatic heterocycles. The summed E-state index contributed by atoms with van der Waals surface area (Å²) in [4.78, 5) is 23.7. The van der Waals surface area contributed by atoms with Crippen molar-refractivity contribution >= 4 is 33.4 Å². The first-order valence-electron chi connectivity index (χ1n) is 11.5. The number of nitrogen functional groups attached to an aromatic ring is 1. The molecule has 1 fully saturated rings. The van der Waals surface area contributed by atoms with Crippen LogP contribution in [0.4, 0.5) is 23.4 Å². The summed E-state index contributed by atoms with van der Waals surface area (Å²) in [6.07, 6.45) is 0.501. The Labute approximate surface area is 202 Å². The van der Waals surface area contributed by atoms with Gasteiger partial charge in [0.15, 0.2) is 0 Å². The van der Waals surface area contributed by atoms with Gasteiger partial charge in [0.2, 0.25) is 0 Å². The van der Waals surface area contributed by atoms with E-state index in [4.69, 9.17) is 10.5 Å². The van der Waals surface area contributed by atoms with Gasteiger partial charge in [-0.25, -0.2) is 9.37 Å². The standard InChI is InChI=1S/C26H20F4N4O2/c27-20-9-21-17(19-10-32-6-5-15(19)24(31)33-21)8-18(20)25(35)34(11-13-1-2-13)22-12-36-23-7-14(26(28,29)30)3-4-16(22)23/h3-10,13,22H,1-2,11-12H2,(H2,31,33)/t22-/m1/s1. The normalized spacial score (nSPS) is 17.3. The van der Waals surface area contributed by atoms with Gasteiger partial charge < -0.3 is 15.4 Å². The van der Waals surface area contributed by atoms with Crippen molar-refractivity contribution in [2.45, 2.75) is 25.1 Å². The molecule has 184 valence electrons. The maximum Gasteiger partial charge on any atom is 0.416 e. The average molecular weight is 496 g/mol. The molecule has 2 N–H and O–H groups in total. The predicted molar refractivity (Wildman–Crippen MR) is 125 cm³/mol. The van der Waals surface area contributed by atoms with E-state index in [9.17, 15) is 18.0 Å². The van der Waals surface area contributed by atoms with Crippen molar-refractivity contribution in [3.05, 3.63) is 71.3 Å². The highest BCUT2D eigenvalue weighted by atomic mass is 19.4. The van der Waals surface area contributed by atoms with E-state index in [0.717, 1.165) is 25.0 Å². The zero-order valence-electron chi connectivity index (χ0n) is 18.8. The van der Waals surface area contributed by atoms with E-state index < -0.39 is 29.5 Å². The van der Waals surface area contributed by atoms with Gasteiger partial charge in [-0.3, -0.25) is 9.78 Å². The van der Waals surface area contributed by atoms with Crippen LogP contribution in [-0.4, -0.2) is 33.9 Å². The number of aromatic nitrogens is 2. The Kier molecular flexibility index (Phi) is 5.03. The molecule has 1 amide bonds. The number of fused-ring (bicyclic) bond motifs is 4. The smallest absolute Gasteiger partial charge is 0.416 e. The lowest BCUT2D eigenvalue weighted by Gasteiger charge is -2.29. The van der Waals surface area contributed by atoms with Crippen molar-refractivity contribution in [3.8, 4) is 5.75 Å². The molecular formula is C26H20F4N4O2. The summed E-state index contributed by atoms with van der Waals surface area (Å²) < 4.78 is 60.4. The molecule has 2 aromatic carbocycles. The number of hydrogen-bond donors (Lipinski definition) is 1. The van der Waals surface area contributed by atoms with Crippen molar-refractivity contribution in [2.24, 2.45) is 5.92 Å². The predicted octanol–water partition coefficient (Wildman–Crippen LogP) is 5.51. The second-order valence-corrected chi connectivity index (χ2v) is 9.25. The molecule has 0 spiro atoms. The maximum atomic E-state index is 15.3. The van der Waals surface area contributed by atoms with E-state index >= 15 is 4.39 Å². The Morgan fingerprint density at radius 3 is 2.67 bits per heavy atom. The van der Waals surface area contributed by atoms with E-state index in [2.05, 4.69) is 9.97 Å². The zero-order valence-corrected chi connectivity index (χ0v) is 18.8. The highest BCUT2D eigenvalue weighted by Gasteiger charge is 2.39. The van der Waals surface area contributed by atoms with Gasteiger partial charge in [0.05, 0.1) is 22.7 Å². The number of hydrogen-bond acceptors (Lipinski definition) is 5. The fourth-order valence-electron chi connectivity index (χ4n) is 4.77. The number of nitrogens with two attached hydrogens (primary N) is 1. The Morgan fingerprint density at radius 2 is 1.92 bits per heavy atom. The lowest BCUT2D eigenvalue weighted by molar-refractivity contribution is -0.137. The first-order valence-corrected chi connectivity index (χ1v) is 11.5. The van der Waals surface area contributed by atoms with Gasteiger partial charge in [0.1, 0.15) is 24.0 Å². The highest BCUT2D eigenvalue weighted by molar-refractivity contribution is 6.11. The van der Waals surface area contributed by atoms with Crippen LogP contribution in [0.15, 0.2) is 48.8 Å².